The van der Waals surface area contributed by atoms with E-state index >= 15 is 0 Å². The van der Waals surface area contributed by atoms with Crippen LogP contribution < -0.4 is 5.43 Å². The summed E-state index contributed by atoms with van der Waals surface area (Å²) >= 11 is 3.47. The molecule has 0 atom stereocenters. The zero-order chi connectivity index (χ0) is 14.1. The van der Waals surface area contributed by atoms with Gasteiger partial charge in [-0.05, 0) is 42.7 Å². The topological polar surface area (TPSA) is 50.2 Å². The van der Waals surface area contributed by atoms with E-state index in [1.807, 2.05) is 23.7 Å². The summed E-state index contributed by atoms with van der Waals surface area (Å²) in [5.74, 6) is 0.826. The van der Waals surface area contributed by atoms with Gasteiger partial charge in [-0.1, -0.05) is 6.07 Å². The van der Waals surface area contributed by atoms with Crippen molar-refractivity contribution in [1.29, 1.82) is 0 Å². The molecule has 3 aromatic heterocycles. The first-order valence-corrected chi connectivity index (χ1v) is 8.69. The quantitative estimate of drug-likeness (QED) is 0.585. The van der Waals surface area contributed by atoms with Gasteiger partial charge in [-0.2, -0.15) is 5.10 Å². The van der Waals surface area contributed by atoms with Gasteiger partial charge in [-0.15, -0.1) is 22.7 Å². The lowest BCUT2D eigenvalue weighted by atomic mass is 9.97. The van der Waals surface area contributed by atoms with Gasteiger partial charge < -0.3 is 0 Å². The van der Waals surface area contributed by atoms with Crippen LogP contribution in [-0.4, -0.2) is 16.2 Å². The van der Waals surface area contributed by atoms with E-state index in [1.54, 1.807) is 29.0 Å². The first kappa shape index (κ1) is 12.9. The molecule has 0 aromatic carbocycles. The molecule has 3 heterocycles. The number of hydrogen-bond donors (Lipinski definition) is 1. The third-order valence-electron chi connectivity index (χ3n) is 3.66. The molecular formula is C15H14N4S2. The van der Waals surface area contributed by atoms with E-state index in [0.717, 1.165) is 21.9 Å². The van der Waals surface area contributed by atoms with Crippen molar-refractivity contribution < 1.29 is 0 Å². The Morgan fingerprint density at radius 1 is 1.24 bits per heavy atom. The van der Waals surface area contributed by atoms with Gasteiger partial charge in [0.05, 0.1) is 11.6 Å². The van der Waals surface area contributed by atoms with E-state index in [4.69, 9.17) is 0 Å². The lowest BCUT2D eigenvalue weighted by Gasteiger charge is -2.11. The van der Waals surface area contributed by atoms with Gasteiger partial charge in [0, 0.05) is 9.75 Å². The van der Waals surface area contributed by atoms with Crippen molar-refractivity contribution in [1.82, 2.24) is 9.97 Å². The number of rotatable bonds is 3. The number of anilines is 1. The predicted octanol–water partition coefficient (Wildman–Crippen LogP) is 4.08. The van der Waals surface area contributed by atoms with Gasteiger partial charge in [0.15, 0.2) is 5.82 Å². The van der Waals surface area contributed by atoms with Crippen molar-refractivity contribution in [2.45, 2.75) is 25.7 Å². The van der Waals surface area contributed by atoms with Gasteiger partial charge >= 0.3 is 0 Å². The van der Waals surface area contributed by atoms with Crippen LogP contribution in [0.2, 0.25) is 0 Å². The molecule has 0 amide bonds. The molecule has 4 rings (SSSR count). The number of aromatic nitrogens is 2. The second-order valence-electron chi connectivity index (χ2n) is 5.00. The summed E-state index contributed by atoms with van der Waals surface area (Å²) in [6, 6.07) is 4.06. The highest BCUT2D eigenvalue weighted by molar-refractivity contribution is 7.19. The number of fused-ring (bicyclic) bond motifs is 3. The number of nitrogens with zero attached hydrogens (tertiary/aromatic N) is 3. The van der Waals surface area contributed by atoms with Crippen LogP contribution in [0.5, 0.6) is 0 Å². The van der Waals surface area contributed by atoms with Crippen LogP contribution in [-0.2, 0) is 12.8 Å². The average molecular weight is 314 g/mol. The maximum Gasteiger partial charge on any atom is 0.158 e. The van der Waals surface area contributed by atoms with Crippen LogP contribution in [0.1, 0.15) is 28.2 Å². The Morgan fingerprint density at radius 2 is 2.19 bits per heavy atom. The summed E-state index contributed by atoms with van der Waals surface area (Å²) in [5, 5.41) is 7.52. The van der Waals surface area contributed by atoms with E-state index < -0.39 is 0 Å². The summed E-state index contributed by atoms with van der Waals surface area (Å²) in [7, 11) is 0. The largest absolute Gasteiger partial charge is 0.261 e. The average Bonchev–Trinajstić information content (AvgIpc) is 3.14. The maximum absolute atomic E-state index is 4.42. The fourth-order valence-electron chi connectivity index (χ4n) is 2.70. The highest BCUT2D eigenvalue weighted by Gasteiger charge is 2.19. The maximum atomic E-state index is 4.42. The minimum atomic E-state index is 0.826. The lowest BCUT2D eigenvalue weighted by molar-refractivity contribution is 0.700. The number of aryl methyl sites for hydroxylation is 2. The molecule has 0 aliphatic heterocycles. The summed E-state index contributed by atoms with van der Waals surface area (Å²) in [6.07, 6.45) is 8.29. The third kappa shape index (κ3) is 2.45. The third-order valence-corrected chi connectivity index (χ3v) is 5.66. The monoisotopic (exact) mass is 314 g/mol. The Kier molecular flexibility index (Phi) is 3.40. The highest BCUT2D eigenvalue weighted by Crippen LogP contribution is 2.38. The molecule has 1 aliphatic carbocycles. The van der Waals surface area contributed by atoms with E-state index in [1.165, 1.54) is 35.1 Å². The Morgan fingerprint density at radius 3 is 3.10 bits per heavy atom. The van der Waals surface area contributed by atoms with Crippen molar-refractivity contribution in [2.24, 2.45) is 5.10 Å². The van der Waals surface area contributed by atoms with Crippen molar-refractivity contribution in [3.05, 3.63) is 39.2 Å². The van der Waals surface area contributed by atoms with E-state index in [0.29, 0.717) is 0 Å². The number of hydrazone groups is 1. The fourth-order valence-corrected chi connectivity index (χ4v) is 4.51. The standard InChI is InChI=1S/C15H14N4S2/c1-2-6-12-11(5-1)13-14(16-9-17-15(13)21-12)19-18-8-10-4-3-7-20-10/h3-4,7-9H,1-2,5-6H2,(H,16,17,19)/b18-8-. The minimum Gasteiger partial charge on any atom is -0.261 e. The number of thiophene rings is 2. The summed E-state index contributed by atoms with van der Waals surface area (Å²) in [4.78, 5) is 12.5. The van der Waals surface area contributed by atoms with Gasteiger partial charge in [0.25, 0.3) is 0 Å². The van der Waals surface area contributed by atoms with Crippen LogP contribution in [0.3, 0.4) is 0 Å². The zero-order valence-electron chi connectivity index (χ0n) is 11.4. The molecule has 0 spiro atoms. The van der Waals surface area contributed by atoms with Crippen molar-refractivity contribution in [3.63, 3.8) is 0 Å². The van der Waals surface area contributed by atoms with E-state index in [2.05, 4.69) is 20.5 Å². The Labute approximate surface area is 130 Å². The molecule has 0 unspecified atom stereocenters. The number of nitrogens with one attached hydrogen (secondary N) is 1. The van der Waals surface area contributed by atoms with Crippen molar-refractivity contribution >= 4 is 44.9 Å². The Bertz CT molecular complexity index is 789. The molecule has 0 saturated heterocycles. The van der Waals surface area contributed by atoms with Gasteiger partial charge in [-0.3, -0.25) is 5.43 Å². The molecule has 21 heavy (non-hydrogen) atoms. The molecule has 0 radical (unpaired) electrons. The predicted molar refractivity (Wildman–Crippen MR) is 89.6 cm³/mol. The van der Waals surface area contributed by atoms with Crippen LogP contribution in [0.4, 0.5) is 5.82 Å². The van der Waals surface area contributed by atoms with Crippen molar-refractivity contribution in [3.8, 4) is 0 Å². The molecular weight excluding hydrogens is 300 g/mol. The molecule has 6 heteroatoms. The van der Waals surface area contributed by atoms with Crippen LogP contribution in [0.25, 0.3) is 10.2 Å². The van der Waals surface area contributed by atoms with Crippen LogP contribution in [0.15, 0.2) is 28.9 Å². The summed E-state index contributed by atoms with van der Waals surface area (Å²) in [6.45, 7) is 0. The second-order valence-corrected chi connectivity index (χ2v) is 7.06. The zero-order valence-corrected chi connectivity index (χ0v) is 13.0. The molecule has 106 valence electrons. The van der Waals surface area contributed by atoms with Gasteiger partial charge in [0.2, 0.25) is 0 Å². The van der Waals surface area contributed by atoms with E-state index in [9.17, 15) is 0 Å². The normalized spacial score (nSPS) is 14.7. The molecule has 0 saturated carbocycles. The van der Waals surface area contributed by atoms with Crippen LogP contribution in [0, 0.1) is 0 Å². The first-order chi connectivity index (χ1) is 10.4. The molecule has 1 aliphatic rings. The molecule has 3 aromatic rings. The lowest BCUT2D eigenvalue weighted by Crippen LogP contribution is -2.00. The van der Waals surface area contributed by atoms with Gasteiger partial charge in [-0.25, -0.2) is 9.97 Å². The van der Waals surface area contributed by atoms with Crippen molar-refractivity contribution in [2.75, 3.05) is 5.43 Å². The summed E-state index contributed by atoms with van der Waals surface area (Å²) in [5.41, 5.74) is 4.52. The smallest absolute Gasteiger partial charge is 0.158 e. The molecule has 0 fully saturated rings. The fraction of sp³-hybridized carbons (Fsp3) is 0.267. The molecule has 0 bridgehead atoms. The SMILES string of the molecule is C(=N/Nc1ncnc2sc3c(c12)CCCC3)/c1cccs1. The van der Waals surface area contributed by atoms with E-state index in [-0.39, 0.29) is 0 Å². The molecule has 4 nitrogen and oxygen atoms in total. The Balaban J connectivity index is 1.69. The second kappa shape index (κ2) is 5.54. The van der Waals surface area contributed by atoms with Gasteiger partial charge in [0.1, 0.15) is 11.2 Å². The summed E-state index contributed by atoms with van der Waals surface area (Å²) < 4.78 is 0. The highest BCUT2D eigenvalue weighted by atomic mass is 32.1. The minimum absolute atomic E-state index is 0.826. The van der Waals surface area contributed by atoms with Crippen LogP contribution >= 0.6 is 22.7 Å². The number of hydrogen-bond acceptors (Lipinski definition) is 6. The first-order valence-electron chi connectivity index (χ1n) is 6.99. The molecule has 1 N–H and O–H groups in total. The Hall–Kier alpha value is -1.79.